The summed E-state index contributed by atoms with van der Waals surface area (Å²) in [5.41, 5.74) is 5.17. The van der Waals surface area contributed by atoms with Crippen LogP contribution in [0.1, 0.15) is 0 Å². The second kappa shape index (κ2) is 4.62. The third kappa shape index (κ3) is 2.80. The zero-order valence-electron chi connectivity index (χ0n) is 7.85. The zero-order valence-corrected chi connectivity index (χ0v) is 10.2. The molecule has 0 aliphatic heterocycles. The Hall–Kier alpha value is -1.41. The number of nitrogens with one attached hydrogen (secondary N) is 1. The van der Waals surface area contributed by atoms with Crippen molar-refractivity contribution in [1.82, 2.24) is 19.9 Å². The Kier molecular flexibility index (Phi) is 3.20. The van der Waals surface area contributed by atoms with Crippen molar-refractivity contribution in [2.75, 3.05) is 5.73 Å². The van der Waals surface area contributed by atoms with Gasteiger partial charge in [-0.15, -0.1) is 0 Å². The third-order valence-corrected chi connectivity index (χ3v) is 2.80. The molecule has 82 valence electrons. The van der Waals surface area contributed by atoms with Crippen LogP contribution in [-0.4, -0.2) is 19.9 Å². The molecule has 0 spiro atoms. The van der Waals surface area contributed by atoms with Crippen LogP contribution in [0.2, 0.25) is 0 Å². The first-order valence-electron chi connectivity index (χ1n) is 4.16. The van der Waals surface area contributed by atoms with Gasteiger partial charge in [-0.1, -0.05) is 0 Å². The lowest BCUT2D eigenvalue weighted by Crippen LogP contribution is -2.09. The normalized spacial score (nSPS) is 10.3. The molecule has 0 saturated heterocycles. The summed E-state index contributed by atoms with van der Waals surface area (Å²) >= 11 is 4.43. The van der Waals surface area contributed by atoms with Gasteiger partial charge >= 0.3 is 0 Å². The standard InChI is InChI=1S/C8H6BrN5OS/c9-4-1-7(12-3-11-4)16-8-13-5(10)2-6(15)14-8/h1-3H,(H3,10,13,14,15). The Morgan fingerprint density at radius 1 is 1.38 bits per heavy atom. The fourth-order valence-electron chi connectivity index (χ4n) is 0.974. The van der Waals surface area contributed by atoms with Crippen molar-refractivity contribution < 1.29 is 0 Å². The van der Waals surface area contributed by atoms with E-state index in [0.717, 1.165) is 0 Å². The summed E-state index contributed by atoms with van der Waals surface area (Å²) in [6.45, 7) is 0. The minimum Gasteiger partial charge on any atom is -0.383 e. The molecule has 0 aliphatic carbocycles. The summed E-state index contributed by atoms with van der Waals surface area (Å²) < 4.78 is 0.663. The maximum atomic E-state index is 11.1. The van der Waals surface area contributed by atoms with Crippen LogP contribution in [0, 0.1) is 0 Å². The van der Waals surface area contributed by atoms with E-state index in [9.17, 15) is 4.79 Å². The van der Waals surface area contributed by atoms with Crippen molar-refractivity contribution in [3.63, 3.8) is 0 Å². The van der Waals surface area contributed by atoms with Gasteiger partial charge in [0.1, 0.15) is 21.8 Å². The van der Waals surface area contributed by atoms with Crippen LogP contribution in [0.5, 0.6) is 0 Å². The Labute approximate surface area is 103 Å². The molecule has 0 aromatic carbocycles. The topological polar surface area (TPSA) is 97.6 Å². The summed E-state index contributed by atoms with van der Waals surface area (Å²) in [7, 11) is 0. The van der Waals surface area contributed by atoms with Crippen LogP contribution < -0.4 is 11.3 Å². The van der Waals surface area contributed by atoms with Crippen LogP contribution in [0.3, 0.4) is 0 Å². The van der Waals surface area contributed by atoms with E-state index in [0.29, 0.717) is 14.8 Å². The van der Waals surface area contributed by atoms with Crippen molar-refractivity contribution in [2.45, 2.75) is 10.2 Å². The first-order chi connectivity index (χ1) is 7.63. The zero-order chi connectivity index (χ0) is 11.5. The number of hydrogen-bond donors (Lipinski definition) is 2. The van der Waals surface area contributed by atoms with E-state index >= 15 is 0 Å². The minimum absolute atomic E-state index is 0.180. The number of H-pyrrole nitrogens is 1. The molecule has 3 N–H and O–H groups in total. The second-order valence-electron chi connectivity index (χ2n) is 2.76. The number of rotatable bonds is 2. The van der Waals surface area contributed by atoms with Gasteiger partial charge in [0.25, 0.3) is 5.56 Å². The summed E-state index contributed by atoms with van der Waals surface area (Å²) in [6.07, 6.45) is 1.41. The highest BCUT2D eigenvalue weighted by atomic mass is 79.9. The summed E-state index contributed by atoms with van der Waals surface area (Å²) in [5.74, 6) is 0.180. The molecule has 0 aliphatic rings. The van der Waals surface area contributed by atoms with E-state index in [1.807, 2.05) is 0 Å². The quantitative estimate of drug-likeness (QED) is 0.635. The monoisotopic (exact) mass is 299 g/mol. The lowest BCUT2D eigenvalue weighted by molar-refractivity contribution is 0.935. The van der Waals surface area contributed by atoms with Crippen LogP contribution in [0.15, 0.2) is 38.0 Å². The molecule has 0 radical (unpaired) electrons. The van der Waals surface area contributed by atoms with Gasteiger partial charge in [0, 0.05) is 12.1 Å². The number of nitrogens with zero attached hydrogens (tertiary/aromatic N) is 3. The molecule has 2 heterocycles. The van der Waals surface area contributed by atoms with E-state index in [4.69, 9.17) is 5.73 Å². The number of nitrogen functional groups attached to an aromatic ring is 1. The Morgan fingerprint density at radius 2 is 2.19 bits per heavy atom. The molecule has 0 bridgehead atoms. The van der Waals surface area contributed by atoms with Gasteiger partial charge in [-0.2, -0.15) is 0 Å². The van der Waals surface area contributed by atoms with E-state index in [1.54, 1.807) is 6.07 Å². The van der Waals surface area contributed by atoms with E-state index in [-0.39, 0.29) is 11.4 Å². The lowest BCUT2D eigenvalue weighted by atomic mass is 10.6. The predicted molar refractivity (Wildman–Crippen MR) is 63.1 cm³/mol. The number of nitrogens with two attached hydrogens (primary N) is 1. The molecule has 0 atom stereocenters. The smallest absolute Gasteiger partial charge is 0.253 e. The molecule has 8 heteroatoms. The molecule has 2 rings (SSSR count). The van der Waals surface area contributed by atoms with Gasteiger partial charge in [-0.05, 0) is 27.7 Å². The number of anilines is 1. The first kappa shape index (κ1) is 11.1. The molecule has 0 unspecified atom stereocenters. The number of aromatic nitrogens is 4. The fourth-order valence-corrected chi connectivity index (χ4v) is 2.20. The molecule has 0 saturated carbocycles. The van der Waals surface area contributed by atoms with Gasteiger partial charge in [0.15, 0.2) is 5.16 Å². The number of aromatic amines is 1. The van der Waals surface area contributed by atoms with Crippen molar-refractivity contribution in [2.24, 2.45) is 0 Å². The Balaban J connectivity index is 2.30. The van der Waals surface area contributed by atoms with Crippen molar-refractivity contribution in [3.05, 3.63) is 33.4 Å². The van der Waals surface area contributed by atoms with Crippen LogP contribution in [0.4, 0.5) is 5.82 Å². The average Bonchev–Trinajstić information content (AvgIpc) is 2.15. The lowest BCUT2D eigenvalue weighted by Gasteiger charge is -2.00. The van der Waals surface area contributed by atoms with E-state index in [1.165, 1.54) is 24.2 Å². The van der Waals surface area contributed by atoms with Crippen molar-refractivity contribution in [3.8, 4) is 0 Å². The Morgan fingerprint density at radius 3 is 2.88 bits per heavy atom. The molecular formula is C8H6BrN5OS. The molecule has 2 aromatic rings. The number of hydrogen-bond acceptors (Lipinski definition) is 6. The minimum atomic E-state index is -0.289. The van der Waals surface area contributed by atoms with E-state index < -0.39 is 0 Å². The van der Waals surface area contributed by atoms with Gasteiger partial charge in [-0.3, -0.25) is 4.79 Å². The molecule has 0 fully saturated rings. The molecule has 0 amide bonds. The maximum Gasteiger partial charge on any atom is 0.253 e. The fraction of sp³-hybridized carbons (Fsp3) is 0. The van der Waals surface area contributed by atoms with E-state index in [2.05, 4.69) is 35.9 Å². The van der Waals surface area contributed by atoms with Crippen molar-refractivity contribution in [1.29, 1.82) is 0 Å². The molecule has 16 heavy (non-hydrogen) atoms. The molecule has 2 aromatic heterocycles. The van der Waals surface area contributed by atoms with Gasteiger partial charge in [0.05, 0.1) is 0 Å². The maximum absolute atomic E-state index is 11.1. The first-order valence-corrected chi connectivity index (χ1v) is 5.77. The third-order valence-electron chi connectivity index (χ3n) is 1.55. The van der Waals surface area contributed by atoms with Gasteiger partial charge in [-0.25, -0.2) is 15.0 Å². The van der Waals surface area contributed by atoms with Crippen LogP contribution in [-0.2, 0) is 0 Å². The molecule has 6 nitrogen and oxygen atoms in total. The summed E-state index contributed by atoms with van der Waals surface area (Å²) in [6, 6.07) is 2.94. The second-order valence-corrected chi connectivity index (χ2v) is 4.58. The predicted octanol–water partition coefficient (Wildman–Crippen LogP) is 1.06. The van der Waals surface area contributed by atoms with Gasteiger partial charge < -0.3 is 10.7 Å². The summed E-state index contributed by atoms with van der Waals surface area (Å²) in [4.78, 5) is 25.6. The van der Waals surface area contributed by atoms with Gasteiger partial charge in [0.2, 0.25) is 0 Å². The SMILES string of the molecule is Nc1cc(=O)[nH]c(Sc2cc(Br)ncn2)n1. The highest BCUT2D eigenvalue weighted by Crippen LogP contribution is 2.23. The Bertz CT molecular complexity index is 572. The highest BCUT2D eigenvalue weighted by molar-refractivity contribution is 9.10. The number of halogens is 1. The molecular weight excluding hydrogens is 294 g/mol. The average molecular weight is 300 g/mol. The highest BCUT2D eigenvalue weighted by Gasteiger charge is 2.03. The van der Waals surface area contributed by atoms with Crippen LogP contribution >= 0.6 is 27.7 Å². The van der Waals surface area contributed by atoms with Crippen LogP contribution in [0.25, 0.3) is 0 Å². The van der Waals surface area contributed by atoms with Crippen molar-refractivity contribution >= 4 is 33.5 Å². The largest absolute Gasteiger partial charge is 0.383 e. The summed E-state index contributed by atoms with van der Waals surface area (Å²) in [5, 5.41) is 1.06.